The third kappa shape index (κ3) is 4.64. The van der Waals surface area contributed by atoms with E-state index < -0.39 is 0 Å². The summed E-state index contributed by atoms with van der Waals surface area (Å²) in [5, 5.41) is 1.11. The molecule has 160 valence electrons. The average Bonchev–Trinajstić information content (AvgIpc) is 3.30. The first-order valence-corrected chi connectivity index (χ1v) is 10.7. The minimum atomic E-state index is -0.261. The molecule has 1 aliphatic heterocycles. The molecule has 1 fully saturated rings. The number of rotatable bonds is 8. The molecule has 3 heterocycles. The molecule has 0 radical (unpaired) electrons. The number of H-pyrrole nitrogens is 1. The van der Waals surface area contributed by atoms with E-state index in [9.17, 15) is 0 Å². The summed E-state index contributed by atoms with van der Waals surface area (Å²) in [6.07, 6.45) is 4.59. The zero-order valence-electron chi connectivity index (χ0n) is 18.3. The highest BCUT2D eigenvalue weighted by Gasteiger charge is 2.37. The predicted octanol–water partition coefficient (Wildman–Crippen LogP) is 2.24. The highest BCUT2D eigenvalue weighted by Crippen LogP contribution is 2.31. The van der Waals surface area contributed by atoms with Gasteiger partial charge in [-0.15, -0.1) is 0 Å². The van der Waals surface area contributed by atoms with Crippen LogP contribution in [0.5, 0.6) is 0 Å². The normalized spacial score (nSPS) is 19.5. The number of likely N-dealkylation sites (N-methyl/N-ethyl adjacent to an activating group) is 1. The number of nitrogens with one attached hydrogen (secondary N) is 1. The molecule has 1 aromatic carbocycles. The lowest BCUT2D eigenvalue weighted by Crippen LogP contribution is -2.53. The van der Waals surface area contributed by atoms with Crippen molar-refractivity contribution in [2.75, 3.05) is 51.7 Å². The molecule has 1 aliphatic rings. The van der Waals surface area contributed by atoms with E-state index in [0.29, 0.717) is 0 Å². The number of aryl methyl sites for hydroxylation is 1. The van der Waals surface area contributed by atoms with Gasteiger partial charge in [0.1, 0.15) is 17.8 Å². The number of aromatic amines is 1. The van der Waals surface area contributed by atoms with Crippen LogP contribution in [0, 0.1) is 6.92 Å². The molecule has 1 saturated heterocycles. The summed E-state index contributed by atoms with van der Waals surface area (Å²) < 4.78 is 0. The number of aromatic nitrogens is 3. The standard InChI is InChI=1S/C23H33N7/c1-18-13-25-21-20(18)22(27-17-26-21)30-10-9-23(24,16-30)15-29(12-11-28(2)3)14-19-7-5-4-6-8-19/h4-8,13,17H,9-12,14-16,24H2,1-3H3,(H,25,26,27). The lowest BCUT2D eigenvalue weighted by atomic mass is 9.99. The van der Waals surface area contributed by atoms with E-state index in [1.165, 1.54) is 11.1 Å². The topological polar surface area (TPSA) is 77.3 Å². The van der Waals surface area contributed by atoms with E-state index in [1.54, 1.807) is 6.33 Å². The van der Waals surface area contributed by atoms with Crippen LogP contribution in [0.1, 0.15) is 17.5 Å². The van der Waals surface area contributed by atoms with Gasteiger partial charge in [0, 0.05) is 51.0 Å². The Morgan fingerprint density at radius 3 is 2.73 bits per heavy atom. The Bertz CT molecular complexity index is 968. The molecule has 7 heteroatoms. The van der Waals surface area contributed by atoms with Crippen LogP contribution in [0.4, 0.5) is 5.82 Å². The molecular formula is C23H33N7. The van der Waals surface area contributed by atoms with Crippen LogP contribution in [0.15, 0.2) is 42.9 Å². The van der Waals surface area contributed by atoms with E-state index in [-0.39, 0.29) is 5.54 Å². The van der Waals surface area contributed by atoms with Crippen molar-refractivity contribution < 1.29 is 0 Å². The van der Waals surface area contributed by atoms with Gasteiger partial charge in [0.2, 0.25) is 0 Å². The average molecular weight is 408 g/mol. The number of nitrogens with two attached hydrogens (primary N) is 1. The van der Waals surface area contributed by atoms with Gasteiger partial charge in [-0.2, -0.15) is 0 Å². The fourth-order valence-electron chi connectivity index (χ4n) is 4.39. The van der Waals surface area contributed by atoms with Crippen LogP contribution in [0.25, 0.3) is 11.0 Å². The van der Waals surface area contributed by atoms with Crippen LogP contribution >= 0.6 is 0 Å². The third-order valence-electron chi connectivity index (χ3n) is 5.98. The SMILES string of the molecule is Cc1c[nH]c2ncnc(N3CCC(N)(CN(CCN(C)C)Cc4ccccc4)C3)c12. The van der Waals surface area contributed by atoms with E-state index in [4.69, 9.17) is 5.73 Å². The number of fused-ring (bicyclic) bond motifs is 1. The van der Waals surface area contributed by atoms with Crippen molar-refractivity contribution in [2.45, 2.75) is 25.4 Å². The summed E-state index contributed by atoms with van der Waals surface area (Å²) in [5.41, 5.74) is 10.1. The first-order chi connectivity index (χ1) is 14.4. The zero-order valence-corrected chi connectivity index (χ0v) is 18.3. The maximum absolute atomic E-state index is 6.96. The molecule has 3 N–H and O–H groups in total. The third-order valence-corrected chi connectivity index (χ3v) is 5.98. The molecule has 1 atom stereocenters. The highest BCUT2D eigenvalue weighted by molar-refractivity contribution is 5.90. The second-order valence-electron chi connectivity index (χ2n) is 8.93. The number of anilines is 1. The molecule has 0 aliphatic carbocycles. The van der Waals surface area contributed by atoms with E-state index >= 15 is 0 Å². The minimum absolute atomic E-state index is 0.261. The van der Waals surface area contributed by atoms with Crippen molar-refractivity contribution in [3.05, 3.63) is 54.0 Å². The van der Waals surface area contributed by atoms with Gasteiger partial charge < -0.3 is 20.5 Å². The predicted molar refractivity (Wildman–Crippen MR) is 123 cm³/mol. The second-order valence-corrected chi connectivity index (χ2v) is 8.93. The Kier molecular flexibility index (Phi) is 6.04. The number of nitrogens with zero attached hydrogens (tertiary/aromatic N) is 5. The summed E-state index contributed by atoms with van der Waals surface area (Å²) in [5.74, 6) is 0.994. The van der Waals surface area contributed by atoms with Gasteiger partial charge in [0.05, 0.1) is 5.39 Å². The fourth-order valence-corrected chi connectivity index (χ4v) is 4.39. The van der Waals surface area contributed by atoms with E-state index in [2.05, 4.69) is 81.0 Å². The summed E-state index contributed by atoms with van der Waals surface area (Å²) in [7, 11) is 4.24. The Morgan fingerprint density at radius 1 is 1.17 bits per heavy atom. The van der Waals surface area contributed by atoms with Gasteiger partial charge in [-0.25, -0.2) is 9.97 Å². The summed E-state index contributed by atoms with van der Waals surface area (Å²) in [6, 6.07) is 10.7. The molecule has 0 spiro atoms. The van der Waals surface area contributed by atoms with Gasteiger partial charge in [0.25, 0.3) is 0 Å². The van der Waals surface area contributed by atoms with Crippen LogP contribution in [-0.2, 0) is 6.54 Å². The largest absolute Gasteiger partial charge is 0.354 e. The van der Waals surface area contributed by atoms with Crippen LogP contribution in [0.2, 0.25) is 0 Å². The summed E-state index contributed by atoms with van der Waals surface area (Å²) >= 11 is 0. The Labute approximate surface area is 178 Å². The summed E-state index contributed by atoms with van der Waals surface area (Å²) in [6.45, 7) is 7.61. The number of hydrogen-bond acceptors (Lipinski definition) is 6. The molecule has 7 nitrogen and oxygen atoms in total. The van der Waals surface area contributed by atoms with Gasteiger partial charge >= 0.3 is 0 Å². The maximum Gasteiger partial charge on any atom is 0.143 e. The second kappa shape index (κ2) is 8.71. The summed E-state index contributed by atoms with van der Waals surface area (Å²) in [4.78, 5) is 19.3. The Morgan fingerprint density at radius 2 is 1.97 bits per heavy atom. The first-order valence-electron chi connectivity index (χ1n) is 10.7. The van der Waals surface area contributed by atoms with Gasteiger partial charge in [-0.05, 0) is 38.6 Å². The Hall–Kier alpha value is -2.48. The molecule has 3 aromatic rings. The smallest absolute Gasteiger partial charge is 0.143 e. The van der Waals surface area contributed by atoms with E-state index in [1.807, 2.05) is 6.20 Å². The van der Waals surface area contributed by atoms with Gasteiger partial charge in [-0.1, -0.05) is 30.3 Å². The van der Waals surface area contributed by atoms with Crippen LogP contribution < -0.4 is 10.6 Å². The van der Waals surface area contributed by atoms with Crippen molar-refractivity contribution in [3.63, 3.8) is 0 Å². The molecule has 0 saturated carbocycles. The highest BCUT2D eigenvalue weighted by atomic mass is 15.3. The molecule has 2 aromatic heterocycles. The van der Waals surface area contributed by atoms with Crippen LogP contribution in [-0.4, -0.2) is 77.1 Å². The van der Waals surface area contributed by atoms with Crippen molar-refractivity contribution in [1.82, 2.24) is 24.8 Å². The van der Waals surface area contributed by atoms with Crippen LogP contribution in [0.3, 0.4) is 0 Å². The van der Waals surface area contributed by atoms with Crippen molar-refractivity contribution >= 4 is 16.9 Å². The molecule has 1 unspecified atom stereocenters. The number of benzene rings is 1. The monoisotopic (exact) mass is 407 g/mol. The van der Waals surface area contributed by atoms with Gasteiger partial charge in [-0.3, -0.25) is 4.90 Å². The fraction of sp³-hybridized carbons (Fsp3) is 0.478. The lowest BCUT2D eigenvalue weighted by molar-refractivity contribution is 0.191. The number of hydrogen-bond donors (Lipinski definition) is 2. The molecule has 30 heavy (non-hydrogen) atoms. The van der Waals surface area contributed by atoms with Crippen molar-refractivity contribution in [2.24, 2.45) is 5.73 Å². The lowest BCUT2D eigenvalue weighted by Gasteiger charge is -2.33. The molecule has 4 rings (SSSR count). The minimum Gasteiger partial charge on any atom is -0.354 e. The molecule has 0 amide bonds. The van der Waals surface area contributed by atoms with Crippen molar-refractivity contribution in [3.8, 4) is 0 Å². The zero-order chi connectivity index (χ0) is 21.1. The van der Waals surface area contributed by atoms with E-state index in [0.717, 1.165) is 62.5 Å². The first kappa shape index (κ1) is 20.8. The molecular weight excluding hydrogens is 374 g/mol. The van der Waals surface area contributed by atoms with Crippen molar-refractivity contribution in [1.29, 1.82) is 0 Å². The quantitative estimate of drug-likeness (QED) is 0.596. The maximum atomic E-state index is 6.96. The van der Waals surface area contributed by atoms with Gasteiger partial charge in [0.15, 0.2) is 0 Å². The Balaban J connectivity index is 1.49. The molecule has 0 bridgehead atoms.